The summed E-state index contributed by atoms with van der Waals surface area (Å²) in [5.74, 6) is 1.72. The first kappa shape index (κ1) is 14.6. The van der Waals surface area contributed by atoms with Crippen LogP contribution < -0.4 is 10.1 Å². The smallest absolute Gasteiger partial charge is 0.223 e. The third kappa shape index (κ3) is 3.30. The summed E-state index contributed by atoms with van der Waals surface area (Å²) in [6, 6.07) is 9.49. The number of hydrogen-bond donors (Lipinski definition) is 1. The number of aromatic nitrogens is 1. The molecule has 1 aromatic carbocycles. The van der Waals surface area contributed by atoms with Crippen molar-refractivity contribution in [2.45, 2.75) is 32.2 Å². The van der Waals surface area contributed by atoms with Crippen molar-refractivity contribution in [3.63, 3.8) is 0 Å². The van der Waals surface area contributed by atoms with Crippen LogP contribution in [0.1, 0.15) is 31.4 Å². The van der Waals surface area contributed by atoms with Gasteiger partial charge in [-0.25, -0.2) is 0 Å². The third-order valence-electron chi connectivity index (χ3n) is 4.09. The summed E-state index contributed by atoms with van der Waals surface area (Å²) in [7, 11) is 1.63. The van der Waals surface area contributed by atoms with Crippen LogP contribution in [0.25, 0.3) is 11.3 Å². The molecule has 2 aromatic rings. The molecule has 22 heavy (non-hydrogen) atoms. The standard InChI is InChI=1S/C17H20N2O3/c1-21-14-8-4-7-13(9-14)16-10-15(22-19-16)11-18-17(20)12-5-2-3-6-12/h4,7-10,12H,2-3,5-6,11H2,1H3,(H,18,20). The third-order valence-corrected chi connectivity index (χ3v) is 4.09. The molecule has 116 valence electrons. The minimum atomic E-state index is 0.122. The van der Waals surface area contributed by atoms with Gasteiger partial charge in [-0.3, -0.25) is 4.79 Å². The van der Waals surface area contributed by atoms with Crippen LogP contribution in [-0.2, 0) is 11.3 Å². The van der Waals surface area contributed by atoms with Gasteiger partial charge in [-0.15, -0.1) is 0 Å². The minimum absolute atomic E-state index is 0.122. The molecule has 0 saturated heterocycles. The Bertz CT molecular complexity index is 645. The van der Waals surface area contributed by atoms with E-state index >= 15 is 0 Å². The van der Waals surface area contributed by atoms with E-state index in [9.17, 15) is 4.79 Å². The molecule has 0 unspecified atom stereocenters. The van der Waals surface area contributed by atoms with Gasteiger partial charge >= 0.3 is 0 Å². The molecule has 1 heterocycles. The van der Waals surface area contributed by atoms with E-state index in [0.717, 1.165) is 42.7 Å². The van der Waals surface area contributed by atoms with Gasteiger partial charge in [0.2, 0.25) is 5.91 Å². The number of hydrogen-bond acceptors (Lipinski definition) is 4. The number of nitrogens with one attached hydrogen (secondary N) is 1. The molecule has 0 radical (unpaired) electrons. The number of methoxy groups -OCH3 is 1. The predicted molar refractivity (Wildman–Crippen MR) is 82.3 cm³/mol. The summed E-state index contributed by atoms with van der Waals surface area (Å²) in [5, 5.41) is 6.99. The maximum atomic E-state index is 12.0. The molecule has 1 N–H and O–H groups in total. The summed E-state index contributed by atoms with van der Waals surface area (Å²) in [6.45, 7) is 0.381. The van der Waals surface area contributed by atoms with Crippen LogP contribution >= 0.6 is 0 Å². The van der Waals surface area contributed by atoms with Crippen molar-refractivity contribution in [3.05, 3.63) is 36.1 Å². The Morgan fingerprint density at radius 1 is 1.36 bits per heavy atom. The van der Waals surface area contributed by atoms with Gasteiger partial charge in [0.1, 0.15) is 11.4 Å². The summed E-state index contributed by atoms with van der Waals surface area (Å²) in [4.78, 5) is 12.0. The number of rotatable bonds is 5. The van der Waals surface area contributed by atoms with Gasteiger partial charge in [-0.1, -0.05) is 30.1 Å². The highest BCUT2D eigenvalue weighted by molar-refractivity contribution is 5.78. The lowest BCUT2D eigenvalue weighted by Gasteiger charge is -2.08. The van der Waals surface area contributed by atoms with Crippen LogP contribution in [-0.4, -0.2) is 18.2 Å². The Balaban J connectivity index is 1.62. The minimum Gasteiger partial charge on any atom is -0.497 e. The van der Waals surface area contributed by atoms with Gasteiger partial charge in [-0.05, 0) is 25.0 Å². The van der Waals surface area contributed by atoms with Crippen LogP contribution in [0.2, 0.25) is 0 Å². The maximum Gasteiger partial charge on any atom is 0.223 e. The van der Waals surface area contributed by atoms with E-state index in [2.05, 4.69) is 10.5 Å². The topological polar surface area (TPSA) is 64.4 Å². The molecule has 1 aliphatic rings. The molecule has 0 bridgehead atoms. The van der Waals surface area contributed by atoms with Crippen molar-refractivity contribution in [3.8, 4) is 17.0 Å². The molecular weight excluding hydrogens is 280 g/mol. The molecule has 1 fully saturated rings. The van der Waals surface area contributed by atoms with Gasteiger partial charge < -0.3 is 14.6 Å². The largest absolute Gasteiger partial charge is 0.497 e. The first-order valence-corrected chi connectivity index (χ1v) is 7.64. The van der Waals surface area contributed by atoms with E-state index in [1.54, 1.807) is 7.11 Å². The van der Waals surface area contributed by atoms with E-state index in [1.807, 2.05) is 30.3 Å². The van der Waals surface area contributed by atoms with Crippen molar-refractivity contribution < 1.29 is 14.1 Å². The van der Waals surface area contributed by atoms with Crippen molar-refractivity contribution in [1.82, 2.24) is 10.5 Å². The molecular formula is C17H20N2O3. The zero-order valence-corrected chi connectivity index (χ0v) is 12.7. The number of ether oxygens (including phenoxy) is 1. The van der Waals surface area contributed by atoms with E-state index in [0.29, 0.717) is 12.3 Å². The number of nitrogens with zero attached hydrogens (tertiary/aromatic N) is 1. The average Bonchev–Trinajstić information content (AvgIpc) is 3.24. The van der Waals surface area contributed by atoms with E-state index < -0.39 is 0 Å². The lowest BCUT2D eigenvalue weighted by atomic mass is 10.1. The quantitative estimate of drug-likeness (QED) is 0.921. The fourth-order valence-corrected chi connectivity index (χ4v) is 2.82. The van der Waals surface area contributed by atoms with Crippen LogP contribution in [0.5, 0.6) is 5.75 Å². The molecule has 5 heteroatoms. The van der Waals surface area contributed by atoms with E-state index in [-0.39, 0.29) is 11.8 Å². The van der Waals surface area contributed by atoms with Gasteiger partial charge in [0.15, 0.2) is 5.76 Å². The highest BCUT2D eigenvalue weighted by Gasteiger charge is 2.22. The van der Waals surface area contributed by atoms with Crippen LogP contribution in [0, 0.1) is 5.92 Å². The predicted octanol–water partition coefficient (Wildman–Crippen LogP) is 3.16. The fraction of sp³-hybridized carbons (Fsp3) is 0.412. The molecule has 3 rings (SSSR count). The van der Waals surface area contributed by atoms with Crippen molar-refractivity contribution >= 4 is 5.91 Å². The van der Waals surface area contributed by atoms with E-state index in [1.165, 1.54) is 0 Å². The maximum absolute atomic E-state index is 12.0. The molecule has 0 spiro atoms. The molecule has 1 aromatic heterocycles. The second kappa shape index (κ2) is 6.64. The highest BCUT2D eigenvalue weighted by atomic mass is 16.5. The van der Waals surface area contributed by atoms with Crippen molar-refractivity contribution in [2.24, 2.45) is 5.92 Å². The Morgan fingerprint density at radius 2 is 2.18 bits per heavy atom. The average molecular weight is 300 g/mol. The van der Waals surface area contributed by atoms with Crippen LogP contribution in [0.15, 0.2) is 34.9 Å². The molecule has 0 aliphatic heterocycles. The number of carbonyl (C=O) groups is 1. The van der Waals surface area contributed by atoms with Gasteiger partial charge in [0.05, 0.1) is 13.7 Å². The second-order valence-corrected chi connectivity index (χ2v) is 5.61. The molecule has 1 aliphatic carbocycles. The zero-order valence-electron chi connectivity index (χ0n) is 12.7. The number of amides is 1. The summed E-state index contributed by atoms with van der Waals surface area (Å²) in [6.07, 6.45) is 4.30. The second-order valence-electron chi connectivity index (χ2n) is 5.61. The molecule has 5 nitrogen and oxygen atoms in total. The normalized spacial score (nSPS) is 15.0. The van der Waals surface area contributed by atoms with Gasteiger partial charge in [0, 0.05) is 17.5 Å². The summed E-state index contributed by atoms with van der Waals surface area (Å²) in [5.41, 5.74) is 1.67. The summed E-state index contributed by atoms with van der Waals surface area (Å²) >= 11 is 0. The Kier molecular flexibility index (Phi) is 4.42. The highest BCUT2D eigenvalue weighted by Crippen LogP contribution is 2.25. The first-order valence-electron chi connectivity index (χ1n) is 7.64. The van der Waals surface area contributed by atoms with E-state index in [4.69, 9.17) is 9.26 Å². The van der Waals surface area contributed by atoms with Crippen LogP contribution in [0.4, 0.5) is 0 Å². The monoisotopic (exact) mass is 300 g/mol. The number of carbonyl (C=O) groups excluding carboxylic acids is 1. The summed E-state index contributed by atoms with van der Waals surface area (Å²) < 4.78 is 10.5. The van der Waals surface area contributed by atoms with Crippen molar-refractivity contribution in [1.29, 1.82) is 0 Å². The fourth-order valence-electron chi connectivity index (χ4n) is 2.82. The number of benzene rings is 1. The SMILES string of the molecule is COc1cccc(-c2cc(CNC(=O)C3CCCC3)on2)c1. The van der Waals surface area contributed by atoms with Gasteiger partial charge in [0.25, 0.3) is 0 Å². The Labute approximate surface area is 129 Å². The Morgan fingerprint density at radius 3 is 2.95 bits per heavy atom. The first-order chi connectivity index (χ1) is 10.8. The Hall–Kier alpha value is -2.30. The lowest BCUT2D eigenvalue weighted by molar-refractivity contribution is -0.125. The lowest BCUT2D eigenvalue weighted by Crippen LogP contribution is -2.28. The molecule has 1 saturated carbocycles. The molecule has 1 amide bonds. The van der Waals surface area contributed by atoms with Crippen LogP contribution in [0.3, 0.4) is 0 Å². The molecule has 0 atom stereocenters. The van der Waals surface area contributed by atoms with Crippen molar-refractivity contribution in [2.75, 3.05) is 7.11 Å². The van der Waals surface area contributed by atoms with Gasteiger partial charge in [-0.2, -0.15) is 0 Å². The zero-order chi connectivity index (χ0) is 15.4.